The molecule has 5 heteroatoms. The number of rotatable bonds is 3. The molecule has 2 rings (SSSR count). The van der Waals surface area contributed by atoms with Crippen LogP contribution in [-0.2, 0) is 0 Å². The lowest BCUT2D eigenvalue weighted by Crippen LogP contribution is -2.04. The number of aliphatic hydroxyl groups excluding tert-OH is 1. The van der Waals surface area contributed by atoms with Gasteiger partial charge in [0.1, 0.15) is 29.8 Å². The van der Waals surface area contributed by atoms with Crippen molar-refractivity contribution in [1.29, 1.82) is 5.26 Å². The van der Waals surface area contributed by atoms with Crippen LogP contribution in [-0.4, -0.2) is 23.3 Å². The van der Waals surface area contributed by atoms with Crippen LogP contribution in [0, 0.1) is 17.1 Å². The van der Waals surface area contributed by atoms with Gasteiger partial charge >= 0.3 is 0 Å². The summed E-state index contributed by atoms with van der Waals surface area (Å²) in [5, 5.41) is 18.1. The van der Waals surface area contributed by atoms with E-state index in [4.69, 9.17) is 15.1 Å². The Morgan fingerprint density at radius 1 is 1.47 bits per heavy atom. The molecule has 0 unspecified atom stereocenters. The van der Waals surface area contributed by atoms with Gasteiger partial charge in [0.05, 0.1) is 12.1 Å². The molecule has 86 valence electrons. The molecule has 1 aromatic heterocycles. The molecule has 0 saturated heterocycles. The van der Waals surface area contributed by atoms with Crippen molar-refractivity contribution in [3.8, 4) is 11.8 Å². The van der Waals surface area contributed by atoms with Crippen molar-refractivity contribution >= 4 is 10.9 Å². The summed E-state index contributed by atoms with van der Waals surface area (Å²) in [6.45, 7) is -0.131. The van der Waals surface area contributed by atoms with Crippen LogP contribution in [0.15, 0.2) is 24.4 Å². The van der Waals surface area contributed by atoms with E-state index in [1.807, 2.05) is 6.07 Å². The minimum Gasteiger partial charge on any atom is -0.489 e. The highest BCUT2D eigenvalue weighted by molar-refractivity contribution is 5.87. The summed E-state index contributed by atoms with van der Waals surface area (Å²) < 4.78 is 18.4. The maximum Gasteiger partial charge on any atom is 0.148 e. The molecule has 1 N–H and O–H groups in total. The van der Waals surface area contributed by atoms with Crippen LogP contribution in [0.25, 0.3) is 10.9 Å². The Hall–Kier alpha value is -2.19. The molecular weight excluding hydrogens is 223 g/mol. The van der Waals surface area contributed by atoms with Crippen molar-refractivity contribution in [1.82, 2.24) is 4.98 Å². The van der Waals surface area contributed by atoms with E-state index < -0.39 is 5.82 Å². The minimum atomic E-state index is -0.428. The molecule has 0 spiro atoms. The third kappa shape index (κ3) is 2.17. The number of hydrogen-bond acceptors (Lipinski definition) is 4. The highest BCUT2D eigenvalue weighted by Gasteiger charge is 2.10. The number of nitrogens with zero attached hydrogens (tertiary/aromatic N) is 2. The van der Waals surface area contributed by atoms with Crippen molar-refractivity contribution in [3.05, 3.63) is 35.8 Å². The first-order chi connectivity index (χ1) is 8.26. The maximum atomic E-state index is 13.2. The van der Waals surface area contributed by atoms with E-state index in [0.717, 1.165) is 0 Å². The smallest absolute Gasteiger partial charge is 0.148 e. The van der Waals surface area contributed by atoms with Crippen LogP contribution in [0.3, 0.4) is 0 Å². The molecule has 0 bridgehead atoms. The average Bonchev–Trinajstić information content (AvgIpc) is 2.35. The zero-order valence-electron chi connectivity index (χ0n) is 8.85. The number of aliphatic hydroxyl groups is 1. The predicted molar refractivity (Wildman–Crippen MR) is 59.0 cm³/mol. The molecule has 0 atom stereocenters. The largest absolute Gasteiger partial charge is 0.489 e. The van der Waals surface area contributed by atoms with Crippen molar-refractivity contribution in [2.75, 3.05) is 13.2 Å². The number of pyridine rings is 1. The number of ether oxygens (including phenoxy) is 1. The fourth-order valence-corrected chi connectivity index (χ4v) is 1.52. The Bertz CT molecular complexity index is 593. The topological polar surface area (TPSA) is 66.1 Å². The van der Waals surface area contributed by atoms with E-state index in [-0.39, 0.29) is 24.5 Å². The molecule has 1 aromatic carbocycles. The number of fused-ring (bicyclic) bond motifs is 1. The Morgan fingerprint density at radius 2 is 2.29 bits per heavy atom. The lowest BCUT2D eigenvalue weighted by Gasteiger charge is -2.09. The highest BCUT2D eigenvalue weighted by Crippen LogP contribution is 2.28. The Labute approximate surface area is 96.9 Å². The van der Waals surface area contributed by atoms with Gasteiger partial charge in [-0.15, -0.1) is 0 Å². The highest BCUT2D eigenvalue weighted by atomic mass is 19.1. The van der Waals surface area contributed by atoms with Crippen LogP contribution >= 0.6 is 0 Å². The SMILES string of the molecule is N#Cc1cnc2ccc(F)cc2c1OCCO. The van der Waals surface area contributed by atoms with Gasteiger partial charge in [-0.05, 0) is 18.2 Å². The summed E-state index contributed by atoms with van der Waals surface area (Å²) >= 11 is 0. The monoisotopic (exact) mass is 232 g/mol. The Morgan fingerprint density at radius 3 is 3.00 bits per heavy atom. The van der Waals surface area contributed by atoms with Crippen molar-refractivity contribution in [2.45, 2.75) is 0 Å². The van der Waals surface area contributed by atoms with Gasteiger partial charge in [0.2, 0.25) is 0 Å². The normalized spacial score (nSPS) is 10.2. The van der Waals surface area contributed by atoms with Crippen LogP contribution < -0.4 is 4.74 Å². The summed E-state index contributed by atoms with van der Waals surface area (Å²) in [5.41, 5.74) is 0.759. The van der Waals surface area contributed by atoms with E-state index in [9.17, 15) is 4.39 Å². The number of benzene rings is 1. The molecule has 2 aromatic rings. The molecule has 1 heterocycles. The molecule has 0 amide bonds. The van der Waals surface area contributed by atoms with Gasteiger partial charge in [-0.25, -0.2) is 4.39 Å². The third-order valence-corrected chi connectivity index (χ3v) is 2.24. The second kappa shape index (κ2) is 4.76. The quantitative estimate of drug-likeness (QED) is 0.873. The van der Waals surface area contributed by atoms with E-state index in [1.54, 1.807) is 0 Å². The summed E-state index contributed by atoms with van der Waals surface area (Å²) in [4.78, 5) is 4.03. The molecule has 0 aliphatic carbocycles. The molecule has 0 aliphatic heterocycles. The third-order valence-electron chi connectivity index (χ3n) is 2.24. The number of halogens is 1. The van der Waals surface area contributed by atoms with Crippen LogP contribution in [0.5, 0.6) is 5.75 Å². The second-order valence-electron chi connectivity index (χ2n) is 3.35. The first-order valence-corrected chi connectivity index (χ1v) is 4.98. The molecular formula is C12H9FN2O2. The van der Waals surface area contributed by atoms with Gasteiger partial charge in [0.25, 0.3) is 0 Å². The lowest BCUT2D eigenvalue weighted by molar-refractivity contribution is 0.202. The van der Waals surface area contributed by atoms with Gasteiger partial charge in [-0.1, -0.05) is 0 Å². The van der Waals surface area contributed by atoms with Gasteiger partial charge < -0.3 is 9.84 Å². The zero-order chi connectivity index (χ0) is 12.3. The van der Waals surface area contributed by atoms with Crippen LogP contribution in [0.1, 0.15) is 5.56 Å². The van der Waals surface area contributed by atoms with Gasteiger partial charge in [0.15, 0.2) is 0 Å². The van der Waals surface area contributed by atoms with Gasteiger partial charge in [-0.3, -0.25) is 4.98 Å². The summed E-state index contributed by atoms with van der Waals surface area (Å²) in [5.74, 6) is -0.172. The van der Waals surface area contributed by atoms with Crippen LogP contribution in [0.2, 0.25) is 0 Å². The van der Waals surface area contributed by atoms with Crippen molar-refractivity contribution in [2.24, 2.45) is 0 Å². The lowest BCUT2D eigenvalue weighted by atomic mass is 10.1. The summed E-state index contributed by atoms with van der Waals surface area (Å²) in [7, 11) is 0. The van der Waals surface area contributed by atoms with E-state index in [1.165, 1.54) is 24.4 Å². The fraction of sp³-hybridized carbons (Fsp3) is 0.167. The number of nitriles is 1. The van der Waals surface area contributed by atoms with E-state index >= 15 is 0 Å². The van der Waals surface area contributed by atoms with Gasteiger partial charge in [-0.2, -0.15) is 5.26 Å². The average molecular weight is 232 g/mol. The Balaban J connectivity index is 2.64. The molecule has 0 radical (unpaired) electrons. The predicted octanol–water partition coefficient (Wildman–Crippen LogP) is 1.62. The minimum absolute atomic E-state index is 0.0459. The van der Waals surface area contributed by atoms with E-state index in [0.29, 0.717) is 10.9 Å². The molecule has 0 saturated carbocycles. The van der Waals surface area contributed by atoms with Crippen molar-refractivity contribution < 1.29 is 14.2 Å². The molecule has 4 nitrogen and oxygen atoms in total. The van der Waals surface area contributed by atoms with Crippen molar-refractivity contribution in [3.63, 3.8) is 0 Å². The van der Waals surface area contributed by atoms with E-state index in [2.05, 4.69) is 4.98 Å². The summed E-state index contributed by atoms with van der Waals surface area (Å²) in [6.07, 6.45) is 1.37. The molecule has 0 fully saturated rings. The molecule has 17 heavy (non-hydrogen) atoms. The zero-order valence-corrected chi connectivity index (χ0v) is 8.85. The standard InChI is InChI=1S/C12H9FN2O2/c13-9-1-2-11-10(5-9)12(17-4-3-16)8(6-14)7-15-11/h1-2,5,7,16H,3-4H2. The number of aromatic nitrogens is 1. The van der Waals surface area contributed by atoms with Gasteiger partial charge in [0, 0.05) is 11.6 Å². The fourth-order valence-electron chi connectivity index (χ4n) is 1.52. The molecule has 0 aliphatic rings. The first-order valence-electron chi connectivity index (χ1n) is 4.98. The second-order valence-corrected chi connectivity index (χ2v) is 3.35. The summed E-state index contributed by atoms with van der Waals surface area (Å²) in [6, 6.07) is 5.98. The first kappa shape index (κ1) is 11.3. The Kier molecular flexibility index (Phi) is 3.17. The number of hydrogen-bond donors (Lipinski definition) is 1. The maximum absolute atomic E-state index is 13.2. The van der Waals surface area contributed by atoms with Crippen LogP contribution in [0.4, 0.5) is 4.39 Å².